The van der Waals surface area contributed by atoms with Gasteiger partial charge in [0.2, 0.25) is 0 Å². The highest BCUT2D eigenvalue weighted by Crippen LogP contribution is 2.28. The number of fused-ring (bicyclic) bond motifs is 1. The van der Waals surface area contributed by atoms with Crippen molar-refractivity contribution >= 4 is 50.0 Å². The summed E-state index contributed by atoms with van der Waals surface area (Å²) in [6, 6.07) is 21.0. The highest BCUT2D eigenvalue weighted by atomic mass is 35.5. The minimum Gasteiger partial charge on any atom is -0.298 e. The summed E-state index contributed by atoms with van der Waals surface area (Å²) in [6.07, 6.45) is 0. The number of amides is 1. The van der Waals surface area contributed by atoms with Crippen LogP contribution in [-0.4, -0.2) is 16.7 Å². The van der Waals surface area contributed by atoms with Gasteiger partial charge < -0.3 is 0 Å². The lowest BCUT2D eigenvalue weighted by atomic mass is 10.0. The normalized spacial score (nSPS) is 10.7. The molecule has 0 saturated carbocycles. The second-order valence-corrected chi connectivity index (χ2v) is 7.32. The molecular weight excluding hydrogens is 380 g/mol. The van der Waals surface area contributed by atoms with Gasteiger partial charge in [-0.3, -0.25) is 14.9 Å². The van der Waals surface area contributed by atoms with Crippen LogP contribution in [-0.2, 0) is 0 Å². The van der Waals surface area contributed by atoms with Crippen LogP contribution in [0.5, 0.6) is 0 Å². The maximum atomic E-state index is 12.5. The van der Waals surface area contributed by atoms with Crippen molar-refractivity contribution in [2.75, 3.05) is 5.32 Å². The van der Waals surface area contributed by atoms with Crippen molar-refractivity contribution in [2.45, 2.75) is 0 Å². The molecule has 132 valence electrons. The molecule has 0 spiro atoms. The number of anilines is 1. The van der Waals surface area contributed by atoms with Gasteiger partial charge in [-0.1, -0.05) is 65.4 Å². The van der Waals surface area contributed by atoms with E-state index in [1.165, 1.54) is 11.3 Å². The van der Waals surface area contributed by atoms with Crippen LogP contribution in [0.15, 0.2) is 72.8 Å². The summed E-state index contributed by atoms with van der Waals surface area (Å²) in [5, 5.41) is 3.92. The average Bonchev–Trinajstić information content (AvgIpc) is 3.09. The molecule has 1 aromatic heterocycles. The summed E-state index contributed by atoms with van der Waals surface area (Å²) in [5.41, 5.74) is 2.38. The molecule has 1 heterocycles. The monoisotopic (exact) mass is 392 g/mol. The fourth-order valence-electron chi connectivity index (χ4n) is 2.65. The number of hydrogen-bond acceptors (Lipinski definition) is 4. The molecule has 0 aliphatic carbocycles. The summed E-state index contributed by atoms with van der Waals surface area (Å²) in [5.74, 6) is -0.357. The summed E-state index contributed by atoms with van der Waals surface area (Å²) in [4.78, 5) is 29.3. The van der Waals surface area contributed by atoms with Crippen molar-refractivity contribution in [1.82, 2.24) is 4.98 Å². The molecule has 6 heteroatoms. The third kappa shape index (κ3) is 3.74. The Morgan fingerprint density at radius 3 is 2.26 bits per heavy atom. The molecule has 0 atom stereocenters. The average molecular weight is 393 g/mol. The maximum Gasteiger partial charge on any atom is 0.257 e. The number of aromatic nitrogens is 1. The predicted molar refractivity (Wildman–Crippen MR) is 109 cm³/mol. The minimum absolute atomic E-state index is 0.0781. The molecule has 27 heavy (non-hydrogen) atoms. The van der Waals surface area contributed by atoms with Crippen LogP contribution in [0.2, 0.25) is 5.02 Å². The first-order valence-electron chi connectivity index (χ1n) is 8.17. The number of ketones is 1. The van der Waals surface area contributed by atoms with E-state index in [-0.39, 0.29) is 11.7 Å². The Kier molecular flexibility index (Phi) is 4.71. The number of nitrogens with one attached hydrogen (secondary N) is 1. The zero-order chi connectivity index (χ0) is 18.8. The molecule has 3 aromatic carbocycles. The molecular formula is C21H13ClN2O2S. The number of halogens is 1. The Labute approximate surface area is 164 Å². The summed E-state index contributed by atoms with van der Waals surface area (Å²) < 4.78 is 0.904. The lowest BCUT2D eigenvalue weighted by molar-refractivity contribution is 0.102. The van der Waals surface area contributed by atoms with Crippen LogP contribution in [0.1, 0.15) is 26.3 Å². The highest BCUT2D eigenvalue weighted by molar-refractivity contribution is 7.22. The third-order valence-electron chi connectivity index (χ3n) is 4.02. The molecule has 4 rings (SSSR count). The van der Waals surface area contributed by atoms with E-state index in [0.29, 0.717) is 26.8 Å². The number of rotatable bonds is 4. The van der Waals surface area contributed by atoms with Crippen LogP contribution < -0.4 is 5.32 Å². The molecule has 0 saturated heterocycles. The van der Waals surface area contributed by atoms with Crippen LogP contribution in [0, 0.1) is 0 Å². The lowest BCUT2D eigenvalue weighted by Crippen LogP contribution is -2.12. The number of nitrogens with zero attached hydrogens (tertiary/aromatic N) is 1. The molecule has 0 unspecified atom stereocenters. The molecule has 1 N–H and O–H groups in total. The van der Waals surface area contributed by atoms with Crippen molar-refractivity contribution in [2.24, 2.45) is 0 Å². The van der Waals surface area contributed by atoms with E-state index in [9.17, 15) is 9.59 Å². The van der Waals surface area contributed by atoms with Gasteiger partial charge in [-0.15, -0.1) is 0 Å². The number of carbonyl (C=O) groups is 2. The van der Waals surface area contributed by atoms with E-state index in [4.69, 9.17) is 11.6 Å². The van der Waals surface area contributed by atoms with Gasteiger partial charge in [-0.05, 0) is 30.3 Å². The van der Waals surface area contributed by atoms with Crippen LogP contribution in [0.4, 0.5) is 5.13 Å². The lowest BCUT2D eigenvalue weighted by Gasteiger charge is -2.04. The summed E-state index contributed by atoms with van der Waals surface area (Å²) in [7, 11) is 0. The van der Waals surface area contributed by atoms with Crippen LogP contribution in [0.25, 0.3) is 10.2 Å². The van der Waals surface area contributed by atoms with Gasteiger partial charge in [0.05, 0.1) is 10.2 Å². The number of thiazole rings is 1. The SMILES string of the molecule is O=C(Nc1nc2ccc(Cl)cc2s1)c1ccc(C(=O)c2ccccc2)cc1. The van der Waals surface area contributed by atoms with Crippen molar-refractivity contribution in [1.29, 1.82) is 0 Å². The second kappa shape index (κ2) is 7.31. The fourth-order valence-corrected chi connectivity index (χ4v) is 3.79. The Bertz CT molecular complexity index is 1140. The zero-order valence-corrected chi connectivity index (χ0v) is 15.6. The zero-order valence-electron chi connectivity index (χ0n) is 14.0. The van der Waals surface area contributed by atoms with Gasteiger partial charge in [0, 0.05) is 21.7 Å². The van der Waals surface area contributed by atoms with E-state index < -0.39 is 0 Å². The van der Waals surface area contributed by atoms with Crippen molar-refractivity contribution in [3.8, 4) is 0 Å². The third-order valence-corrected chi connectivity index (χ3v) is 5.18. The van der Waals surface area contributed by atoms with E-state index in [2.05, 4.69) is 10.3 Å². The van der Waals surface area contributed by atoms with Gasteiger partial charge in [-0.25, -0.2) is 4.98 Å². The number of benzene rings is 3. The first-order chi connectivity index (χ1) is 13.1. The van der Waals surface area contributed by atoms with Crippen molar-refractivity contribution in [3.63, 3.8) is 0 Å². The van der Waals surface area contributed by atoms with E-state index in [1.54, 1.807) is 42.5 Å². The largest absolute Gasteiger partial charge is 0.298 e. The van der Waals surface area contributed by atoms with Gasteiger partial charge in [0.25, 0.3) is 5.91 Å². The Balaban J connectivity index is 1.51. The molecule has 4 nitrogen and oxygen atoms in total. The standard InChI is InChI=1S/C21H13ClN2O2S/c22-16-10-11-17-18(12-16)27-21(23-17)24-20(26)15-8-6-14(7-9-15)19(25)13-4-2-1-3-5-13/h1-12H,(H,23,24,26). The smallest absolute Gasteiger partial charge is 0.257 e. The number of hydrogen-bond donors (Lipinski definition) is 1. The Morgan fingerprint density at radius 2 is 1.52 bits per heavy atom. The second-order valence-electron chi connectivity index (χ2n) is 5.86. The van der Waals surface area contributed by atoms with Crippen molar-refractivity contribution < 1.29 is 9.59 Å². The molecule has 0 bridgehead atoms. The minimum atomic E-state index is -0.279. The maximum absolute atomic E-state index is 12.5. The quantitative estimate of drug-likeness (QED) is 0.471. The molecule has 0 fully saturated rings. The van der Waals surface area contributed by atoms with Gasteiger partial charge >= 0.3 is 0 Å². The van der Waals surface area contributed by atoms with Gasteiger partial charge in [-0.2, -0.15) is 0 Å². The van der Waals surface area contributed by atoms with Crippen molar-refractivity contribution in [3.05, 3.63) is 94.5 Å². The first kappa shape index (κ1) is 17.4. The Morgan fingerprint density at radius 1 is 0.852 bits per heavy atom. The summed E-state index contributed by atoms with van der Waals surface area (Å²) >= 11 is 7.34. The van der Waals surface area contributed by atoms with Crippen LogP contribution >= 0.6 is 22.9 Å². The molecule has 0 aliphatic rings. The molecule has 0 radical (unpaired) electrons. The van der Waals surface area contributed by atoms with Gasteiger partial charge in [0.15, 0.2) is 10.9 Å². The van der Waals surface area contributed by atoms with E-state index >= 15 is 0 Å². The molecule has 1 amide bonds. The molecule has 4 aromatic rings. The van der Waals surface area contributed by atoms with Gasteiger partial charge in [0.1, 0.15) is 0 Å². The predicted octanol–water partition coefficient (Wildman–Crippen LogP) is 5.43. The summed E-state index contributed by atoms with van der Waals surface area (Å²) in [6.45, 7) is 0. The highest BCUT2D eigenvalue weighted by Gasteiger charge is 2.12. The van der Waals surface area contributed by atoms with Crippen LogP contribution in [0.3, 0.4) is 0 Å². The first-order valence-corrected chi connectivity index (χ1v) is 9.37. The molecule has 0 aliphatic heterocycles. The topological polar surface area (TPSA) is 59.1 Å². The Hall–Kier alpha value is -3.02. The fraction of sp³-hybridized carbons (Fsp3) is 0. The van der Waals surface area contributed by atoms with E-state index in [0.717, 1.165) is 10.2 Å². The van der Waals surface area contributed by atoms with E-state index in [1.807, 2.05) is 30.3 Å². The number of carbonyl (C=O) groups excluding carboxylic acids is 2.